The van der Waals surface area contributed by atoms with Crippen LogP contribution in [0.2, 0.25) is 0 Å². The predicted octanol–water partition coefficient (Wildman–Crippen LogP) is 1.83. The van der Waals surface area contributed by atoms with E-state index in [1.165, 1.54) is 11.0 Å². The molecule has 1 N–H and O–H groups in total. The number of amides is 1. The summed E-state index contributed by atoms with van der Waals surface area (Å²) in [5.41, 5.74) is 3.15. The second kappa shape index (κ2) is 7.37. The third-order valence-electron chi connectivity index (χ3n) is 3.97. The van der Waals surface area contributed by atoms with E-state index in [0.29, 0.717) is 12.0 Å². The van der Waals surface area contributed by atoms with Crippen LogP contribution in [-0.4, -0.2) is 39.3 Å². The van der Waals surface area contributed by atoms with E-state index in [4.69, 9.17) is 5.11 Å². The summed E-state index contributed by atoms with van der Waals surface area (Å²) in [6, 6.07) is 6.43. The molecule has 23 heavy (non-hydrogen) atoms. The highest BCUT2D eigenvalue weighted by Gasteiger charge is 2.16. The lowest BCUT2D eigenvalue weighted by atomic mass is 10.1. The molecular weight excluding hydrogens is 297 g/mol. The van der Waals surface area contributed by atoms with Crippen molar-refractivity contribution in [1.29, 1.82) is 0 Å². The van der Waals surface area contributed by atoms with Crippen molar-refractivity contribution in [3.8, 4) is 0 Å². The van der Waals surface area contributed by atoms with Crippen LogP contribution in [0, 0.1) is 19.7 Å². The van der Waals surface area contributed by atoms with E-state index in [0.717, 1.165) is 17.0 Å². The number of carbonyl (C=O) groups is 1. The van der Waals surface area contributed by atoms with Gasteiger partial charge in [0, 0.05) is 31.5 Å². The molecule has 0 aliphatic rings. The van der Waals surface area contributed by atoms with E-state index in [-0.39, 0.29) is 31.4 Å². The summed E-state index contributed by atoms with van der Waals surface area (Å²) in [6.07, 6.45) is 0.525. The molecule has 0 spiro atoms. The molecule has 1 amide bonds. The summed E-state index contributed by atoms with van der Waals surface area (Å²) in [4.78, 5) is 13.8. The topological polar surface area (TPSA) is 58.4 Å². The summed E-state index contributed by atoms with van der Waals surface area (Å²) in [7, 11) is 1.65. The first-order valence-corrected chi connectivity index (χ1v) is 7.55. The van der Waals surface area contributed by atoms with Gasteiger partial charge in [-0.3, -0.25) is 9.48 Å². The highest BCUT2D eigenvalue weighted by atomic mass is 19.1. The molecule has 0 aliphatic heterocycles. The monoisotopic (exact) mass is 319 g/mol. The van der Waals surface area contributed by atoms with Crippen LogP contribution >= 0.6 is 0 Å². The first-order valence-electron chi connectivity index (χ1n) is 7.55. The molecule has 0 bridgehead atoms. The molecule has 0 radical (unpaired) electrons. The molecule has 1 aromatic carbocycles. The lowest BCUT2D eigenvalue weighted by Crippen LogP contribution is -2.30. The van der Waals surface area contributed by atoms with E-state index >= 15 is 0 Å². The minimum atomic E-state index is -0.316. The molecule has 0 aliphatic carbocycles. The molecule has 0 saturated heterocycles. The highest BCUT2D eigenvalue weighted by Crippen LogP contribution is 2.14. The average molecular weight is 319 g/mol. The van der Waals surface area contributed by atoms with Crippen LogP contribution < -0.4 is 0 Å². The smallest absolute Gasteiger partial charge is 0.244 e. The Labute approximate surface area is 135 Å². The number of aliphatic hydroxyl groups excluding tert-OH is 1. The van der Waals surface area contributed by atoms with Gasteiger partial charge in [-0.15, -0.1) is 0 Å². The van der Waals surface area contributed by atoms with Crippen LogP contribution in [0.1, 0.15) is 22.5 Å². The number of likely N-dealkylation sites (N-methyl/N-ethyl adjacent to an activating group) is 1. The Hall–Kier alpha value is -2.21. The second-order valence-electron chi connectivity index (χ2n) is 5.62. The zero-order chi connectivity index (χ0) is 17.0. The Balaban J connectivity index is 2.07. The van der Waals surface area contributed by atoms with Crippen LogP contribution in [0.25, 0.3) is 0 Å². The van der Waals surface area contributed by atoms with Gasteiger partial charge in [-0.1, -0.05) is 18.2 Å². The van der Waals surface area contributed by atoms with Crippen molar-refractivity contribution < 1.29 is 14.3 Å². The highest BCUT2D eigenvalue weighted by molar-refractivity contribution is 5.75. The summed E-state index contributed by atoms with van der Waals surface area (Å²) >= 11 is 0. The summed E-state index contributed by atoms with van der Waals surface area (Å²) in [5.74, 6) is -0.460. The van der Waals surface area contributed by atoms with E-state index in [2.05, 4.69) is 5.10 Å². The van der Waals surface area contributed by atoms with Gasteiger partial charge >= 0.3 is 0 Å². The maximum atomic E-state index is 13.7. The Bertz CT molecular complexity index is 697. The van der Waals surface area contributed by atoms with Crippen molar-refractivity contribution in [2.24, 2.45) is 0 Å². The number of benzene rings is 1. The molecule has 0 saturated carbocycles. The summed E-state index contributed by atoms with van der Waals surface area (Å²) in [5, 5.41) is 13.5. The number of aliphatic hydroxyl groups is 1. The van der Waals surface area contributed by atoms with E-state index in [1.54, 1.807) is 29.9 Å². The van der Waals surface area contributed by atoms with Crippen molar-refractivity contribution in [3.05, 3.63) is 52.6 Å². The van der Waals surface area contributed by atoms with Gasteiger partial charge in [-0.25, -0.2) is 4.39 Å². The number of carbonyl (C=O) groups excluding carboxylic acids is 1. The Morgan fingerprint density at radius 2 is 2.04 bits per heavy atom. The van der Waals surface area contributed by atoms with Crippen molar-refractivity contribution >= 4 is 5.91 Å². The third kappa shape index (κ3) is 3.96. The standard InChI is InChI=1S/C17H22FN3O2/c1-12-15(8-9-22)13(2)21(19-12)11-17(23)20(3)10-14-6-4-5-7-16(14)18/h4-7,22H,8-11H2,1-3H3. The average Bonchev–Trinajstić information content (AvgIpc) is 2.77. The number of hydrogen-bond acceptors (Lipinski definition) is 3. The fourth-order valence-electron chi connectivity index (χ4n) is 2.58. The molecule has 1 aromatic heterocycles. The minimum Gasteiger partial charge on any atom is -0.396 e. The van der Waals surface area contributed by atoms with Crippen LogP contribution in [0.5, 0.6) is 0 Å². The van der Waals surface area contributed by atoms with Crippen molar-refractivity contribution in [2.75, 3.05) is 13.7 Å². The number of nitrogens with zero attached hydrogens (tertiary/aromatic N) is 3. The third-order valence-corrected chi connectivity index (χ3v) is 3.97. The van der Waals surface area contributed by atoms with Gasteiger partial charge in [0.05, 0.1) is 5.69 Å². The molecule has 0 fully saturated rings. The zero-order valence-electron chi connectivity index (χ0n) is 13.7. The van der Waals surface area contributed by atoms with Gasteiger partial charge in [-0.2, -0.15) is 5.10 Å². The normalized spacial score (nSPS) is 10.8. The van der Waals surface area contributed by atoms with Gasteiger partial charge in [0.25, 0.3) is 0 Å². The van der Waals surface area contributed by atoms with E-state index in [1.807, 2.05) is 13.8 Å². The Morgan fingerprint density at radius 1 is 1.35 bits per heavy atom. The molecule has 0 atom stereocenters. The van der Waals surface area contributed by atoms with Crippen molar-refractivity contribution in [2.45, 2.75) is 33.4 Å². The SMILES string of the molecule is Cc1nn(CC(=O)N(C)Cc2ccccc2F)c(C)c1CCO. The maximum Gasteiger partial charge on any atom is 0.244 e. The molecule has 1 heterocycles. The largest absolute Gasteiger partial charge is 0.396 e. The molecule has 124 valence electrons. The van der Waals surface area contributed by atoms with Crippen LogP contribution in [0.3, 0.4) is 0 Å². The molecule has 5 nitrogen and oxygen atoms in total. The minimum absolute atomic E-state index is 0.0501. The van der Waals surface area contributed by atoms with Crippen LogP contribution in [-0.2, 0) is 24.3 Å². The zero-order valence-corrected chi connectivity index (χ0v) is 13.7. The summed E-state index contributed by atoms with van der Waals surface area (Å²) < 4.78 is 15.3. The molecule has 2 rings (SSSR count). The Kier molecular flexibility index (Phi) is 5.50. The maximum absolute atomic E-state index is 13.7. The lowest BCUT2D eigenvalue weighted by Gasteiger charge is -2.18. The number of rotatable bonds is 6. The van der Waals surface area contributed by atoms with Crippen molar-refractivity contribution in [1.82, 2.24) is 14.7 Å². The van der Waals surface area contributed by atoms with E-state index < -0.39 is 0 Å². The lowest BCUT2D eigenvalue weighted by molar-refractivity contribution is -0.131. The molecule has 6 heteroatoms. The van der Waals surface area contributed by atoms with Crippen LogP contribution in [0.4, 0.5) is 4.39 Å². The molecular formula is C17H22FN3O2. The van der Waals surface area contributed by atoms with Gasteiger partial charge < -0.3 is 10.0 Å². The Morgan fingerprint density at radius 3 is 2.70 bits per heavy atom. The number of hydrogen-bond donors (Lipinski definition) is 1. The predicted molar refractivity (Wildman–Crippen MR) is 85.4 cm³/mol. The van der Waals surface area contributed by atoms with E-state index in [9.17, 15) is 9.18 Å². The fourth-order valence-corrected chi connectivity index (χ4v) is 2.58. The molecule has 0 unspecified atom stereocenters. The fraction of sp³-hybridized carbons (Fsp3) is 0.412. The van der Waals surface area contributed by atoms with Gasteiger partial charge in [-0.05, 0) is 31.9 Å². The van der Waals surface area contributed by atoms with Gasteiger partial charge in [0.2, 0.25) is 5.91 Å². The first kappa shape index (κ1) is 17.1. The quantitative estimate of drug-likeness (QED) is 0.884. The first-order chi connectivity index (χ1) is 10.9. The molecule has 2 aromatic rings. The number of halogens is 1. The number of aromatic nitrogens is 2. The van der Waals surface area contributed by atoms with Gasteiger partial charge in [0.1, 0.15) is 12.4 Å². The number of aryl methyl sites for hydroxylation is 1. The van der Waals surface area contributed by atoms with Gasteiger partial charge in [0.15, 0.2) is 0 Å². The summed E-state index contributed by atoms with van der Waals surface area (Å²) in [6.45, 7) is 4.11. The second-order valence-corrected chi connectivity index (χ2v) is 5.62. The van der Waals surface area contributed by atoms with Crippen molar-refractivity contribution in [3.63, 3.8) is 0 Å². The van der Waals surface area contributed by atoms with Crippen LogP contribution in [0.15, 0.2) is 24.3 Å².